The molecular formula is C14H22N2O4S. The van der Waals surface area contributed by atoms with E-state index in [2.05, 4.69) is 5.32 Å². The van der Waals surface area contributed by atoms with E-state index in [4.69, 9.17) is 10.5 Å². The summed E-state index contributed by atoms with van der Waals surface area (Å²) < 4.78 is 28.3. The van der Waals surface area contributed by atoms with Gasteiger partial charge in [-0.15, -0.1) is 0 Å². The first kappa shape index (κ1) is 17.6. The molecule has 0 aromatic heterocycles. The van der Waals surface area contributed by atoms with E-state index in [1.165, 1.54) is 7.11 Å². The van der Waals surface area contributed by atoms with Crippen LogP contribution < -0.4 is 11.1 Å². The molecule has 6 nitrogen and oxygen atoms in total. The second-order valence-electron chi connectivity index (χ2n) is 4.66. The van der Waals surface area contributed by atoms with Gasteiger partial charge in [0, 0.05) is 32.4 Å². The van der Waals surface area contributed by atoms with Crippen molar-refractivity contribution < 1.29 is 17.9 Å². The molecule has 0 spiro atoms. The van der Waals surface area contributed by atoms with Gasteiger partial charge < -0.3 is 15.8 Å². The maximum absolute atomic E-state index is 11.8. The third-order valence-corrected chi connectivity index (χ3v) is 4.69. The van der Waals surface area contributed by atoms with Gasteiger partial charge in [-0.3, -0.25) is 4.79 Å². The zero-order chi connectivity index (χ0) is 15.7. The highest BCUT2D eigenvalue weighted by Crippen LogP contribution is 2.14. The third kappa shape index (κ3) is 6.70. The number of rotatable bonds is 9. The molecule has 1 aromatic rings. The van der Waals surface area contributed by atoms with E-state index in [1.54, 1.807) is 12.1 Å². The fourth-order valence-corrected chi connectivity index (χ4v) is 3.06. The molecule has 0 unspecified atom stereocenters. The predicted molar refractivity (Wildman–Crippen MR) is 82.7 cm³/mol. The number of nitrogens with one attached hydrogen (secondary N) is 1. The zero-order valence-corrected chi connectivity index (χ0v) is 13.0. The number of anilines is 1. The highest BCUT2D eigenvalue weighted by molar-refractivity contribution is 7.91. The second-order valence-corrected chi connectivity index (χ2v) is 6.96. The number of sulfone groups is 1. The van der Waals surface area contributed by atoms with Crippen molar-refractivity contribution in [3.63, 3.8) is 0 Å². The van der Waals surface area contributed by atoms with Gasteiger partial charge in [0.1, 0.15) is 0 Å². The molecule has 1 aromatic carbocycles. The minimum absolute atomic E-state index is 0.0352. The number of amides is 1. The van der Waals surface area contributed by atoms with Gasteiger partial charge in [-0.05, 0) is 18.1 Å². The van der Waals surface area contributed by atoms with Crippen LogP contribution in [-0.4, -0.2) is 39.5 Å². The molecule has 0 aliphatic carbocycles. The van der Waals surface area contributed by atoms with Gasteiger partial charge in [0.05, 0.1) is 11.5 Å². The van der Waals surface area contributed by atoms with Gasteiger partial charge >= 0.3 is 0 Å². The summed E-state index contributed by atoms with van der Waals surface area (Å²) in [7, 11) is -1.70. The number of methoxy groups -OCH3 is 1. The van der Waals surface area contributed by atoms with Crippen molar-refractivity contribution in [1.82, 2.24) is 0 Å². The molecule has 21 heavy (non-hydrogen) atoms. The number of hydrogen-bond acceptors (Lipinski definition) is 5. The molecule has 118 valence electrons. The summed E-state index contributed by atoms with van der Waals surface area (Å²) in [5, 5.41) is 2.69. The van der Waals surface area contributed by atoms with Crippen molar-refractivity contribution in [3.05, 3.63) is 29.8 Å². The van der Waals surface area contributed by atoms with E-state index < -0.39 is 9.84 Å². The lowest BCUT2D eigenvalue weighted by Crippen LogP contribution is -2.20. The lowest BCUT2D eigenvalue weighted by molar-refractivity contribution is -0.115. The van der Waals surface area contributed by atoms with Crippen molar-refractivity contribution in [2.24, 2.45) is 5.73 Å². The van der Waals surface area contributed by atoms with Crippen molar-refractivity contribution in [1.29, 1.82) is 0 Å². The topological polar surface area (TPSA) is 98.5 Å². The average Bonchev–Trinajstić information content (AvgIpc) is 2.46. The highest BCUT2D eigenvalue weighted by atomic mass is 32.2. The third-order valence-electron chi connectivity index (χ3n) is 2.96. The molecule has 0 saturated carbocycles. The smallest absolute Gasteiger partial charge is 0.225 e. The van der Waals surface area contributed by atoms with E-state index in [0.717, 1.165) is 5.56 Å². The van der Waals surface area contributed by atoms with Crippen LogP contribution in [0.4, 0.5) is 5.69 Å². The molecule has 0 heterocycles. The summed E-state index contributed by atoms with van der Waals surface area (Å²) in [4.78, 5) is 11.8. The Balaban J connectivity index is 2.47. The Morgan fingerprint density at radius 2 is 2.00 bits per heavy atom. The summed E-state index contributed by atoms with van der Waals surface area (Å²) in [5.74, 6) is -0.452. The van der Waals surface area contributed by atoms with Crippen LogP contribution in [0.25, 0.3) is 0 Å². The molecule has 7 heteroatoms. The Bertz CT molecular complexity index is 558. The molecule has 0 bridgehead atoms. The summed E-state index contributed by atoms with van der Waals surface area (Å²) in [6.07, 6.45) is 0.380. The summed E-state index contributed by atoms with van der Waals surface area (Å²) >= 11 is 0. The molecule has 1 amide bonds. The lowest BCUT2D eigenvalue weighted by Gasteiger charge is -2.09. The normalized spacial score (nSPS) is 11.3. The maximum atomic E-state index is 11.8. The van der Waals surface area contributed by atoms with Crippen LogP contribution in [0.3, 0.4) is 0 Å². The first-order chi connectivity index (χ1) is 9.98. The number of nitrogens with two attached hydrogens (primary N) is 1. The molecule has 0 aliphatic heterocycles. The first-order valence-electron chi connectivity index (χ1n) is 6.75. The maximum Gasteiger partial charge on any atom is 0.225 e. The molecule has 0 saturated heterocycles. The number of hydrogen-bond donors (Lipinski definition) is 2. The van der Waals surface area contributed by atoms with Crippen LogP contribution in [0.15, 0.2) is 24.3 Å². The number of ether oxygens (including phenoxy) is 1. The highest BCUT2D eigenvalue weighted by Gasteiger charge is 2.14. The van der Waals surface area contributed by atoms with Gasteiger partial charge in [0.2, 0.25) is 5.91 Å². The Morgan fingerprint density at radius 3 is 2.67 bits per heavy atom. The fraction of sp³-hybridized carbons (Fsp3) is 0.500. The van der Waals surface area contributed by atoms with Gasteiger partial charge in [-0.2, -0.15) is 0 Å². The zero-order valence-electron chi connectivity index (χ0n) is 12.2. The largest absolute Gasteiger partial charge is 0.385 e. The van der Waals surface area contributed by atoms with E-state index in [0.29, 0.717) is 25.3 Å². The van der Waals surface area contributed by atoms with Crippen LogP contribution in [0.2, 0.25) is 0 Å². The predicted octanol–water partition coefficient (Wildman–Crippen LogP) is 0.925. The van der Waals surface area contributed by atoms with Crippen LogP contribution in [0.5, 0.6) is 0 Å². The fourth-order valence-electron chi connectivity index (χ4n) is 1.81. The summed E-state index contributed by atoms with van der Waals surface area (Å²) in [6, 6.07) is 7.18. The molecule has 3 N–H and O–H groups in total. The van der Waals surface area contributed by atoms with Gasteiger partial charge in [-0.1, -0.05) is 18.2 Å². The van der Waals surface area contributed by atoms with E-state index >= 15 is 0 Å². The van der Waals surface area contributed by atoms with E-state index in [1.807, 2.05) is 12.1 Å². The van der Waals surface area contributed by atoms with Crippen LogP contribution in [-0.2, 0) is 25.9 Å². The number of benzene rings is 1. The standard InChI is InChI=1S/C14H22N2O4S/c1-20-8-4-9-21(18,19)10-7-14(17)16-13-6-3-2-5-12(13)11-15/h2-3,5-6H,4,7-11,15H2,1H3,(H,16,17). The number of carbonyl (C=O) groups excluding carboxylic acids is 1. The van der Waals surface area contributed by atoms with E-state index in [9.17, 15) is 13.2 Å². The Hall–Kier alpha value is -1.44. The summed E-state index contributed by atoms with van der Waals surface area (Å²) in [5.41, 5.74) is 7.02. The number of carbonyl (C=O) groups is 1. The van der Waals surface area contributed by atoms with Crippen molar-refractivity contribution in [2.45, 2.75) is 19.4 Å². The average molecular weight is 314 g/mol. The lowest BCUT2D eigenvalue weighted by atomic mass is 10.2. The Morgan fingerprint density at radius 1 is 1.29 bits per heavy atom. The monoisotopic (exact) mass is 314 g/mol. The molecule has 0 aliphatic rings. The number of para-hydroxylation sites is 1. The minimum atomic E-state index is -3.22. The summed E-state index contributed by atoms with van der Waals surface area (Å²) in [6.45, 7) is 0.709. The second kappa shape index (κ2) is 8.76. The van der Waals surface area contributed by atoms with Crippen molar-refractivity contribution in [3.8, 4) is 0 Å². The van der Waals surface area contributed by atoms with Crippen LogP contribution in [0, 0.1) is 0 Å². The van der Waals surface area contributed by atoms with Gasteiger partial charge in [0.25, 0.3) is 0 Å². The SMILES string of the molecule is COCCCS(=O)(=O)CCC(=O)Nc1ccccc1CN. The minimum Gasteiger partial charge on any atom is -0.385 e. The van der Waals surface area contributed by atoms with Crippen LogP contribution in [0.1, 0.15) is 18.4 Å². The van der Waals surface area contributed by atoms with Crippen molar-refractivity contribution >= 4 is 21.4 Å². The molecule has 0 radical (unpaired) electrons. The van der Waals surface area contributed by atoms with Gasteiger partial charge in [0.15, 0.2) is 9.84 Å². The van der Waals surface area contributed by atoms with Gasteiger partial charge in [-0.25, -0.2) is 8.42 Å². The molecular weight excluding hydrogens is 292 g/mol. The molecule has 0 fully saturated rings. The van der Waals surface area contributed by atoms with Crippen LogP contribution >= 0.6 is 0 Å². The first-order valence-corrected chi connectivity index (χ1v) is 8.58. The van der Waals surface area contributed by atoms with E-state index in [-0.39, 0.29) is 23.8 Å². The Kier molecular flexibility index (Phi) is 7.35. The quantitative estimate of drug-likeness (QED) is 0.661. The molecule has 1 rings (SSSR count). The Labute approximate surface area is 125 Å². The molecule has 0 atom stereocenters. The van der Waals surface area contributed by atoms with Crippen molar-refractivity contribution in [2.75, 3.05) is 30.5 Å².